The highest BCUT2D eigenvalue weighted by atomic mass is 32.2. The van der Waals surface area contributed by atoms with Crippen molar-refractivity contribution in [2.45, 2.75) is 31.7 Å². The smallest absolute Gasteiger partial charge is 0.149 e. The molecular weight excluding hydrogens is 280 g/mol. The van der Waals surface area contributed by atoms with Gasteiger partial charge in [0.2, 0.25) is 0 Å². The van der Waals surface area contributed by atoms with Gasteiger partial charge in [-0.05, 0) is 32.4 Å². The van der Waals surface area contributed by atoms with Crippen LogP contribution in [0.2, 0.25) is 0 Å². The molecule has 0 saturated carbocycles. The average Bonchev–Trinajstić information content (AvgIpc) is 3.10. The molecule has 0 N–H and O–H groups in total. The molecular formula is C17H18N2OS. The van der Waals surface area contributed by atoms with Crippen LogP contribution >= 0.6 is 11.9 Å². The van der Waals surface area contributed by atoms with Crippen LogP contribution in [0.1, 0.15) is 26.3 Å². The minimum atomic E-state index is -0.0880. The molecule has 108 valence electrons. The molecule has 1 aromatic rings. The van der Waals surface area contributed by atoms with E-state index >= 15 is 0 Å². The molecule has 0 radical (unpaired) electrons. The van der Waals surface area contributed by atoms with Gasteiger partial charge in [-0.15, -0.1) is 0 Å². The van der Waals surface area contributed by atoms with E-state index in [0.29, 0.717) is 0 Å². The van der Waals surface area contributed by atoms with Gasteiger partial charge in [-0.1, -0.05) is 30.4 Å². The zero-order valence-electron chi connectivity index (χ0n) is 12.5. The first-order valence-electron chi connectivity index (χ1n) is 7.29. The summed E-state index contributed by atoms with van der Waals surface area (Å²) in [6.45, 7) is 7.16. The van der Waals surface area contributed by atoms with Crippen LogP contribution in [0.25, 0.3) is 5.57 Å². The third kappa shape index (κ3) is 1.75. The van der Waals surface area contributed by atoms with Crippen molar-refractivity contribution in [2.24, 2.45) is 4.40 Å². The number of amidine groups is 1. The van der Waals surface area contributed by atoms with Crippen LogP contribution in [0.15, 0.2) is 46.4 Å². The number of allylic oxidation sites excluding steroid dienone is 2. The Hall–Kier alpha value is -1.52. The van der Waals surface area contributed by atoms with Gasteiger partial charge >= 0.3 is 0 Å². The molecule has 4 rings (SSSR count). The number of hydrogen-bond donors (Lipinski definition) is 0. The number of ether oxygens (including phenoxy) is 1. The van der Waals surface area contributed by atoms with Gasteiger partial charge in [-0.25, -0.2) is 0 Å². The summed E-state index contributed by atoms with van der Waals surface area (Å²) in [4.78, 5) is 2.36. The lowest BCUT2D eigenvalue weighted by atomic mass is 9.89. The predicted octanol–water partition coefficient (Wildman–Crippen LogP) is 4.03. The van der Waals surface area contributed by atoms with Crippen LogP contribution in [0, 0.1) is 0 Å². The Morgan fingerprint density at radius 2 is 2.00 bits per heavy atom. The summed E-state index contributed by atoms with van der Waals surface area (Å²) < 4.78 is 10.5. The van der Waals surface area contributed by atoms with E-state index in [-0.39, 0.29) is 11.0 Å². The number of epoxide rings is 1. The predicted molar refractivity (Wildman–Crippen MR) is 89.5 cm³/mol. The van der Waals surface area contributed by atoms with Crippen molar-refractivity contribution in [3.05, 3.63) is 47.6 Å². The molecule has 2 unspecified atom stereocenters. The molecule has 0 spiro atoms. The number of nitrogens with zero attached hydrogens (tertiary/aromatic N) is 2. The van der Waals surface area contributed by atoms with Gasteiger partial charge in [-0.3, -0.25) is 0 Å². The summed E-state index contributed by atoms with van der Waals surface area (Å²) in [6, 6.07) is 8.58. The highest BCUT2D eigenvalue weighted by Crippen LogP contribution is 2.51. The number of fused-ring (bicyclic) bond motifs is 3. The second-order valence-electron chi connectivity index (χ2n) is 5.77. The zero-order chi connectivity index (χ0) is 14.6. The Morgan fingerprint density at radius 3 is 2.67 bits per heavy atom. The van der Waals surface area contributed by atoms with Crippen molar-refractivity contribution in [3.63, 3.8) is 0 Å². The summed E-state index contributed by atoms with van der Waals surface area (Å²) in [5.74, 6) is 1.07. The second kappa shape index (κ2) is 4.49. The normalized spacial score (nSPS) is 34.0. The Kier molecular flexibility index (Phi) is 2.81. The molecule has 0 aliphatic carbocycles. The number of benzene rings is 1. The molecule has 0 bridgehead atoms. The van der Waals surface area contributed by atoms with E-state index in [4.69, 9.17) is 9.13 Å². The van der Waals surface area contributed by atoms with Crippen LogP contribution in [-0.2, 0) is 4.74 Å². The van der Waals surface area contributed by atoms with Crippen molar-refractivity contribution in [2.75, 3.05) is 11.5 Å². The van der Waals surface area contributed by atoms with Gasteiger partial charge in [0, 0.05) is 23.1 Å². The monoisotopic (exact) mass is 298 g/mol. The SMILES string of the molecule is C/C=C1\C(=C/C)C2=NSC(C3(C)CO3)N2c2ccccc21. The van der Waals surface area contributed by atoms with Crippen LogP contribution < -0.4 is 4.90 Å². The van der Waals surface area contributed by atoms with E-state index < -0.39 is 0 Å². The number of para-hydroxylation sites is 1. The number of rotatable bonds is 1. The Morgan fingerprint density at radius 1 is 1.29 bits per heavy atom. The van der Waals surface area contributed by atoms with Gasteiger partial charge in [0.05, 0.1) is 12.3 Å². The minimum Gasteiger partial charge on any atom is -0.367 e. The van der Waals surface area contributed by atoms with E-state index in [1.165, 1.54) is 22.4 Å². The molecule has 3 nitrogen and oxygen atoms in total. The van der Waals surface area contributed by atoms with Gasteiger partial charge < -0.3 is 9.64 Å². The van der Waals surface area contributed by atoms with E-state index in [2.05, 4.69) is 62.1 Å². The van der Waals surface area contributed by atoms with Crippen molar-refractivity contribution >= 4 is 29.0 Å². The summed E-state index contributed by atoms with van der Waals surface area (Å²) in [5.41, 5.74) is 4.92. The van der Waals surface area contributed by atoms with Crippen LogP contribution in [0.5, 0.6) is 0 Å². The number of anilines is 1. The molecule has 3 aliphatic heterocycles. The van der Waals surface area contributed by atoms with Gasteiger partial charge in [0.1, 0.15) is 16.8 Å². The molecule has 3 aliphatic rings. The van der Waals surface area contributed by atoms with E-state index in [1.54, 1.807) is 11.9 Å². The maximum atomic E-state index is 5.70. The van der Waals surface area contributed by atoms with Gasteiger partial charge in [0.25, 0.3) is 0 Å². The highest BCUT2D eigenvalue weighted by molar-refractivity contribution is 7.99. The lowest BCUT2D eigenvalue weighted by molar-refractivity contribution is 0.319. The Bertz CT molecular complexity index is 700. The zero-order valence-corrected chi connectivity index (χ0v) is 13.3. The van der Waals surface area contributed by atoms with E-state index in [0.717, 1.165) is 12.4 Å². The quantitative estimate of drug-likeness (QED) is 0.579. The summed E-state index contributed by atoms with van der Waals surface area (Å²) in [7, 11) is 0. The minimum absolute atomic E-state index is 0.0880. The first-order valence-corrected chi connectivity index (χ1v) is 8.13. The van der Waals surface area contributed by atoms with Gasteiger partial charge in [0.15, 0.2) is 0 Å². The third-order valence-corrected chi connectivity index (χ3v) is 5.57. The fraction of sp³-hybridized carbons (Fsp3) is 0.353. The molecule has 1 saturated heterocycles. The van der Waals surface area contributed by atoms with Crippen molar-refractivity contribution in [1.29, 1.82) is 0 Å². The standard InChI is InChI=1S/C17H18N2OS/c1-4-11-12(5-2)15-18-21-16(17(3)10-20-17)19(15)14-9-7-6-8-13(11)14/h4-9,16H,10H2,1-3H3/b11-4+,12-5+. The van der Waals surface area contributed by atoms with E-state index in [9.17, 15) is 0 Å². The molecule has 4 heteroatoms. The largest absolute Gasteiger partial charge is 0.367 e. The van der Waals surface area contributed by atoms with Crippen molar-refractivity contribution in [3.8, 4) is 0 Å². The molecule has 2 atom stereocenters. The topological polar surface area (TPSA) is 28.1 Å². The molecule has 3 heterocycles. The summed E-state index contributed by atoms with van der Waals surface area (Å²) in [5, 5.41) is 0.224. The van der Waals surface area contributed by atoms with Crippen molar-refractivity contribution < 1.29 is 4.74 Å². The van der Waals surface area contributed by atoms with Crippen LogP contribution in [0.4, 0.5) is 5.69 Å². The fourth-order valence-electron chi connectivity index (χ4n) is 3.13. The maximum absolute atomic E-state index is 5.70. The Labute approximate surface area is 129 Å². The van der Waals surface area contributed by atoms with E-state index in [1.807, 2.05) is 0 Å². The average molecular weight is 298 g/mol. The summed E-state index contributed by atoms with van der Waals surface area (Å²) >= 11 is 1.63. The Balaban J connectivity index is 1.93. The van der Waals surface area contributed by atoms with Crippen LogP contribution in [0.3, 0.4) is 0 Å². The molecule has 1 aromatic carbocycles. The fourth-order valence-corrected chi connectivity index (χ4v) is 4.19. The lowest BCUT2D eigenvalue weighted by Crippen LogP contribution is -2.45. The summed E-state index contributed by atoms with van der Waals surface area (Å²) in [6.07, 6.45) is 4.34. The number of hydrogen-bond acceptors (Lipinski definition) is 4. The van der Waals surface area contributed by atoms with Crippen molar-refractivity contribution in [1.82, 2.24) is 0 Å². The van der Waals surface area contributed by atoms with Gasteiger partial charge in [-0.2, -0.15) is 4.40 Å². The second-order valence-corrected chi connectivity index (χ2v) is 6.61. The lowest BCUT2D eigenvalue weighted by Gasteiger charge is -2.36. The molecule has 1 fully saturated rings. The molecule has 0 amide bonds. The molecule has 21 heavy (non-hydrogen) atoms. The van der Waals surface area contributed by atoms with Crippen LogP contribution in [-0.4, -0.2) is 23.4 Å². The highest BCUT2D eigenvalue weighted by Gasteiger charge is 2.55. The first kappa shape index (κ1) is 13.2. The molecule has 0 aromatic heterocycles. The first-order chi connectivity index (χ1) is 10.2. The maximum Gasteiger partial charge on any atom is 0.149 e. The third-order valence-electron chi connectivity index (χ3n) is 4.39.